The van der Waals surface area contributed by atoms with Gasteiger partial charge in [-0.1, -0.05) is 12.1 Å². The predicted octanol–water partition coefficient (Wildman–Crippen LogP) is 0.978. The quantitative estimate of drug-likeness (QED) is 0.772. The molecule has 0 saturated heterocycles. The van der Waals surface area contributed by atoms with Gasteiger partial charge in [0.25, 0.3) is 0 Å². The molecule has 1 amide bonds. The second kappa shape index (κ2) is 6.91. The molecule has 1 aromatic rings. The number of rotatable bonds is 6. The Kier molecular flexibility index (Phi) is 5.49. The SMILES string of the molecule is CNCCC(=O)NCc1ccc(N(C)C)cc1. The van der Waals surface area contributed by atoms with E-state index in [0.717, 1.165) is 11.3 Å². The van der Waals surface area contributed by atoms with Gasteiger partial charge in [-0.25, -0.2) is 0 Å². The standard InChI is InChI=1S/C13H21N3O/c1-14-9-8-13(17)15-10-11-4-6-12(7-5-11)16(2)3/h4-7,14H,8-10H2,1-3H3,(H,15,17). The first-order valence-electron chi connectivity index (χ1n) is 5.81. The number of carbonyl (C=O) groups is 1. The average molecular weight is 235 g/mol. The van der Waals surface area contributed by atoms with Gasteiger partial charge in [-0.2, -0.15) is 0 Å². The van der Waals surface area contributed by atoms with E-state index < -0.39 is 0 Å². The predicted molar refractivity (Wildman–Crippen MR) is 71.2 cm³/mol. The van der Waals surface area contributed by atoms with Crippen LogP contribution >= 0.6 is 0 Å². The van der Waals surface area contributed by atoms with Crippen molar-refractivity contribution in [2.24, 2.45) is 0 Å². The van der Waals surface area contributed by atoms with Crippen molar-refractivity contribution in [1.29, 1.82) is 0 Å². The highest BCUT2D eigenvalue weighted by molar-refractivity contribution is 5.76. The van der Waals surface area contributed by atoms with Crippen molar-refractivity contribution in [3.63, 3.8) is 0 Å². The van der Waals surface area contributed by atoms with Crippen LogP contribution in [0.3, 0.4) is 0 Å². The lowest BCUT2D eigenvalue weighted by Gasteiger charge is -2.12. The van der Waals surface area contributed by atoms with Gasteiger partial charge >= 0.3 is 0 Å². The summed E-state index contributed by atoms with van der Waals surface area (Å²) in [6.45, 7) is 1.31. The molecule has 4 heteroatoms. The second-order valence-corrected chi connectivity index (χ2v) is 4.19. The molecule has 0 aromatic heterocycles. The molecule has 94 valence electrons. The van der Waals surface area contributed by atoms with Crippen molar-refractivity contribution in [3.8, 4) is 0 Å². The van der Waals surface area contributed by atoms with Crippen LogP contribution in [0.25, 0.3) is 0 Å². The molecule has 0 unspecified atom stereocenters. The van der Waals surface area contributed by atoms with E-state index in [-0.39, 0.29) is 5.91 Å². The van der Waals surface area contributed by atoms with Gasteiger partial charge in [-0.3, -0.25) is 4.79 Å². The monoisotopic (exact) mass is 235 g/mol. The normalized spacial score (nSPS) is 10.1. The third-order valence-corrected chi connectivity index (χ3v) is 2.54. The highest BCUT2D eigenvalue weighted by Gasteiger charge is 2.00. The number of anilines is 1. The molecule has 1 aromatic carbocycles. The molecule has 0 atom stereocenters. The van der Waals surface area contributed by atoms with Gasteiger partial charge in [0, 0.05) is 39.3 Å². The molecule has 0 aliphatic heterocycles. The molecule has 0 fully saturated rings. The Bertz CT molecular complexity index is 346. The van der Waals surface area contributed by atoms with Crippen LogP contribution in [0.1, 0.15) is 12.0 Å². The van der Waals surface area contributed by atoms with Crippen LogP contribution in [0.2, 0.25) is 0 Å². The number of nitrogens with zero attached hydrogens (tertiary/aromatic N) is 1. The number of hydrogen-bond donors (Lipinski definition) is 2. The Morgan fingerprint density at radius 1 is 1.24 bits per heavy atom. The van der Waals surface area contributed by atoms with Gasteiger partial charge in [0.1, 0.15) is 0 Å². The van der Waals surface area contributed by atoms with Gasteiger partial charge < -0.3 is 15.5 Å². The second-order valence-electron chi connectivity index (χ2n) is 4.19. The molecule has 4 nitrogen and oxygen atoms in total. The molecule has 1 rings (SSSR count). The molecule has 0 aliphatic rings. The van der Waals surface area contributed by atoms with Crippen molar-refractivity contribution in [1.82, 2.24) is 10.6 Å². The zero-order valence-electron chi connectivity index (χ0n) is 10.8. The molecule has 17 heavy (non-hydrogen) atoms. The Morgan fingerprint density at radius 3 is 2.41 bits per heavy atom. The number of nitrogens with one attached hydrogen (secondary N) is 2. The van der Waals surface area contributed by atoms with Gasteiger partial charge in [0.05, 0.1) is 0 Å². The molecule has 0 aliphatic carbocycles. The fourth-order valence-corrected chi connectivity index (χ4v) is 1.44. The summed E-state index contributed by atoms with van der Waals surface area (Å²) in [6, 6.07) is 8.17. The van der Waals surface area contributed by atoms with E-state index in [2.05, 4.69) is 27.7 Å². The summed E-state index contributed by atoms with van der Waals surface area (Å²) < 4.78 is 0. The summed E-state index contributed by atoms with van der Waals surface area (Å²) in [6.07, 6.45) is 0.520. The highest BCUT2D eigenvalue weighted by atomic mass is 16.1. The molecular weight excluding hydrogens is 214 g/mol. The first kappa shape index (κ1) is 13.5. The van der Waals surface area contributed by atoms with E-state index in [1.165, 1.54) is 0 Å². The van der Waals surface area contributed by atoms with E-state index >= 15 is 0 Å². The molecular formula is C13H21N3O. The van der Waals surface area contributed by atoms with E-state index in [0.29, 0.717) is 19.5 Å². The molecule has 0 saturated carbocycles. The molecule has 0 radical (unpaired) electrons. The summed E-state index contributed by atoms with van der Waals surface area (Å²) in [5.74, 6) is 0.0797. The van der Waals surface area contributed by atoms with Crippen LogP contribution in [0.15, 0.2) is 24.3 Å². The van der Waals surface area contributed by atoms with E-state index in [9.17, 15) is 4.79 Å². The van der Waals surface area contributed by atoms with Gasteiger partial charge in [-0.05, 0) is 24.7 Å². The van der Waals surface area contributed by atoms with Crippen LogP contribution in [0.4, 0.5) is 5.69 Å². The van der Waals surface area contributed by atoms with Crippen LogP contribution in [0.5, 0.6) is 0 Å². The maximum absolute atomic E-state index is 11.4. The Hall–Kier alpha value is -1.55. The fourth-order valence-electron chi connectivity index (χ4n) is 1.44. The third kappa shape index (κ3) is 4.87. The molecule has 0 bridgehead atoms. The third-order valence-electron chi connectivity index (χ3n) is 2.54. The summed E-state index contributed by atoms with van der Waals surface area (Å²) in [7, 11) is 5.86. The lowest BCUT2D eigenvalue weighted by molar-refractivity contribution is -0.121. The first-order valence-corrected chi connectivity index (χ1v) is 5.81. The number of carbonyl (C=O) groups excluding carboxylic acids is 1. The maximum Gasteiger partial charge on any atom is 0.221 e. The largest absolute Gasteiger partial charge is 0.378 e. The van der Waals surface area contributed by atoms with Crippen LogP contribution < -0.4 is 15.5 Å². The van der Waals surface area contributed by atoms with E-state index in [1.807, 2.05) is 33.3 Å². The van der Waals surface area contributed by atoms with Crippen LogP contribution in [-0.4, -0.2) is 33.6 Å². The fraction of sp³-hybridized carbons (Fsp3) is 0.462. The lowest BCUT2D eigenvalue weighted by Crippen LogP contribution is -2.26. The number of benzene rings is 1. The van der Waals surface area contributed by atoms with Crippen LogP contribution in [-0.2, 0) is 11.3 Å². The van der Waals surface area contributed by atoms with Crippen molar-refractivity contribution in [3.05, 3.63) is 29.8 Å². The Balaban J connectivity index is 2.39. The highest BCUT2D eigenvalue weighted by Crippen LogP contribution is 2.11. The minimum atomic E-state index is 0.0797. The molecule has 2 N–H and O–H groups in total. The van der Waals surface area contributed by atoms with Crippen molar-refractivity contribution >= 4 is 11.6 Å². The van der Waals surface area contributed by atoms with Crippen LogP contribution in [0, 0.1) is 0 Å². The van der Waals surface area contributed by atoms with Crippen molar-refractivity contribution in [2.45, 2.75) is 13.0 Å². The first-order chi connectivity index (χ1) is 8.13. The maximum atomic E-state index is 11.4. The van der Waals surface area contributed by atoms with Gasteiger partial charge in [0.2, 0.25) is 5.91 Å². The van der Waals surface area contributed by atoms with Gasteiger partial charge in [0.15, 0.2) is 0 Å². The number of amides is 1. The van der Waals surface area contributed by atoms with Crippen molar-refractivity contribution in [2.75, 3.05) is 32.6 Å². The molecule has 0 heterocycles. The minimum Gasteiger partial charge on any atom is -0.378 e. The Morgan fingerprint density at radius 2 is 1.88 bits per heavy atom. The van der Waals surface area contributed by atoms with Gasteiger partial charge in [-0.15, -0.1) is 0 Å². The minimum absolute atomic E-state index is 0.0797. The zero-order chi connectivity index (χ0) is 12.7. The Labute approximate surface area is 103 Å². The average Bonchev–Trinajstić information content (AvgIpc) is 2.34. The summed E-state index contributed by atoms with van der Waals surface area (Å²) in [5, 5.41) is 5.84. The zero-order valence-corrected chi connectivity index (χ0v) is 10.8. The van der Waals surface area contributed by atoms with E-state index in [1.54, 1.807) is 0 Å². The van der Waals surface area contributed by atoms with Crippen molar-refractivity contribution < 1.29 is 4.79 Å². The summed E-state index contributed by atoms with van der Waals surface area (Å²) in [5.41, 5.74) is 2.28. The smallest absolute Gasteiger partial charge is 0.221 e. The van der Waals surface area contributed by atoms with E-state index in [4.69, 9.17) is 0 Å². The summed E-state index contributed by atoms with van der Waals surface area (Å²) >= 11 is 0. The summed E-state index contributed by atoms with van der Waals surface area (Å²) in [4.78, 5) is 13.4. The number of hydrogen-bond acceptors (Lipinski definition) is 3. The lowest BCUT2D eigenvalue weighted by atomic mass is 10.2. The molecule has 0 spiro atoms. The topological polar surface area (TPSA) is 44.4 Å².